The Balaban J connectivity index is 1.72. The van der Waals surface area contributed by atoms with Gasteiger partial charge in [0, 0.05) is 28.8 Å². The summed E-state index contributed by atoms with van der Waals surface area (Å²) in [6, 6.07) is 8.90. The Morgan fingerprint density at radius 1 is 1.24 bits per heavy atom. The predicted molar refractivity (Wildman–Crippen MR) is 72.4 cm³/mol. The number of rotatable bonds is 3. The van der Waals surface area contributed by atoms with Gasteiger partial charge in [-0.05, 0) is 36.4 Å². The molecule has 0 unspecified atom stereocenters. The lowest BCUT2D eigenvalue weighted by Crippen LogP contribution is -2.25. The van der Waals surface area contributed by atoms with E-state index in [2.05, 4.69) is 22.4 Å². The van der Waals surface area contributed by atoms with Crippen molar-refractivity contribution in [3.05, 3.63) is 35.0 Å². The van der Waals surface area contributed by atoms with Crippen molar-refractivity contribution in [3.8, 4) is 0 Å². The van der Waals surface area contributed by atoms with Gasteiger partial charge in [0.2, 0.25) is 0 Å². The Hall–Kier alpha value is -0.990. The van der Waals surface area contributed by atoms with Crippen molar-refractivity contribution >= 4 is 22.5 Å². The van der Waals surface area contributed by atoms with Crippen LogP contribution in [0.1, 0.15) is 31.4 Å². The molecule has 90 valence electrons. The third kappa shape index (κ3) is 2.48. The van der Waals surface area contributed by atoms with Crippen LogP contribution in [0.2, 0.25) is 5.02 Å². The first kappa shape index (κ1) is 11.1. The summed E-state index contributed by atoms with van der Waals surface area (Å²) in [7, 11) is 0. The predicted octanol–water partition coefficient (Wildman–Crippen LogP) is 3.85. The van der Waals surface area contributed by atoms with Crippen LogP contribution >= 0.6 is 11.6 Å². The smallest absolute Gasteiger partial charge is 0.0471 e. The Bertz CT molecular complexity index is 512. The van der Waals surface area contributed by atoms with E-state index in [1.54, 1.807) is 0 Å². The highest BCUT2D eigenvalue weighted by atomic mass is 35.5. The van der Waals surface area contributed by atoms with Gasteiger partial charge in [-0.1, -0.05) is 30.5 Å². The summed E-state index contributed by atoms with van der Waals surface area (Å²) in [6.45, 7) is 0.928. The van der Waals surface area contributed by atoms with Crippen LogP contribution in [0.4, 0.5) is 0 Å². The fourth-order valence-corrected chi connectivity index (χ4v) is 2.81. The molecule has 3 rings (SSSR count). The van der Waals surface area contributed by atoms with Gasteiger partial charge in [-0.25, -0.2) is 0 Å². The van der Waals surface area contributed by atoms with E-state index in [4.69, 9.17) is 11.6 Å². The third-order valence-corrected chi connectivity index (χ3v) is 3.81. The van der Waals surface area contributed by atoms with Crippen molar-refractivity contribution in [3.63, 3.8) is 0 Å². The van der Waals surface area contributed by atoms with Crippen molar-refractivity contribution in [2.24, 2.45) is 0 Å². The van der Waals surface area contributed by atoms with E-state index in [9.17, 15) is 0 Å². The van der Waals surface area contributed by atoms with Crippen molar-refractivity contribution in [1.29, 1.82) is 0 Å². The molecule has 0 atom stereocenters. The maximum absolute atomic E-state index is 5.97. The quantitative estimate of drug-likeness (QED) is 0.848. The molecule has 1 aromatic carbocycles. The zero-order valence-electron chi connectivity index (χ0n) is 9.80. The van der Waals surface area contributed by atoms with Gasteiger partial charge in [-0.2, -0.15) is 0 Å². The van der Waals surface area contributed by atoms with E-state index < -0.39 is 0 Å². The van der Waals surface area contributed by atoms with E-state index >= 15 is 0 Å². The second-order valence-corrected chi connectivity index (χ2v) is 5.32. The zero-order chi connectivity index (χ0) is 11.7. The molecule has 17 heavy (non-hydrogen) atoms. The molecular weight excluding hydrogens is 232 g/mol. The molecule has 1 aromatic heterocycles. The van der Waals surface area contributed by atoms with Crippen LogP contribution in [0, 0.1) is 0 Å². The molecule has 1 heterocycles. The molecular formula is C14H17ClN2. The molecule has 2 aromatic rings. The van der Waals surface area contributed by atoms with Gasteiger partial charge in [0.1, 0.15) is 0 Å². The molecule has 3 heteroatoms. The zero-order valence-corrected chi connectivity index (χ0v) is 10.6. The van der Waals surface area contributed by atoms with Crippen molar-refractivity contribution < 1.29 is 0 Å². The van der Waals surface area contributed by atoms with Crippen LogP contribution in [0.15, 0.2) is 24.3 Å². The van der Waals surface area contributed by atoms with Crippen LogP contribution < -0.4 is 5.32 Å². The first-order valence-corrected chi connectivity index (χ1v) is 6.69. The van der Waals surface area contributed by atoms with Crippen LogP contribution in [0.5, 0.6) is 0 Å². The van der Waals surface area contributed by atoms with Crippen LogP contribution in [0.25, 0.3) is 10.9 Å². The summed E-state index contributed by atoms with van der Waals surface area (Å²) < 4.78 is 0. The first-order valence-electron chi connectivity index (χ1n) is 6.32. The van der Waals surface area contributed by atoms with Crippen molar-refractivity contribution in [2.75, 3.05) is 0 Å². The lowest BCUT2D eigenvalue weighted by atomic mass is 10.2. The Morgan fingerprint density at radius 2 is 2.06 bits per heavy atom. The molecule has 2 N–H and O–H groups in total. The molecule has 0 bridgehead atoms. The minimum Gasteiger partial charge on any atom is -0.357 e. The van der Waals surface area contributed by atoms with E-state index in [0.29, 0.717) is 6.04 Å². The Labute approximate surface area is 106 Å². The minimum absolute atomic E-state index is 0.713. The number of halogens is 1. The topological polar surface area (TPSA) is 27.8 Å². The summed E-state index contributed by atoms with van der Waals surface area (Å²) in [5.41, 5.74) is 2.37. The average Bonchev–Trinajstić information content (AvgIpc) is 2.94. The van der Waals surface area contributed by atoms with Gasteiger partial charge >= 0.3 is 0 Å². The Morgan fingerprint density at radius 3 is 2.88 bits per heavy atom. The first-order chi connectivity index (χ1) is 8.31. The monoisotopic (exact) mass is 248 g/mol. The van der Waals surface area contributed by atoms with Crippen molar-refractivity contribution in [1.82, 2.24) is 10.3 Å². The fourth-order valence-electron chi connectivity index (χ4n) is 2.64. The van der Waals surface area contributed by atoms with Gasteiger partial charge in [0.05, 0.1) is 0 Å². The number of aromatic nitrogens is 1. The Kier molecular flexibility index (Phi) is 3.08. The van der Waals surface area contributed by atoms with E-state index in [0.717, 1.165) is 17.1 Å². The molecule has 0 saturated heterocycles. The maximum Gasteiger partial charge on any atom is 0.0471 e. The average molecular weight is 249 g/mol. The minimum atomic E-state index is 0.713. The molecule has 0 radical (unpaired) electrons. The summed E-state index contributed by atoms with van der Waals surface area (Å²) in [4.78, 5) is 3.41. The van der Waals surface area contributed by atoms with Crippen LogP contribution in [-0.4, -0.2) is 11.0 Å². The molecule has 0 spiro atoms. The van der Waals surface area contributed by atoms with Crippen LogP contribution in [0.3, 0.4) is 0 Å². The second-order valence-electron chi connectivity index (χ2n) is 4.89. The number of fused-ring (bicyclic) bond motifs is 1. The number of nitrogens with one attached hydrogen (secondary N) is 2. The number of H-pyrrole nitrogens is 1. The van der Waals surface area contributed by atoms with Crippen molar-refractivity contribution in [2.45, 2.75) is 38.3 Å². The molecule has 1 aliphatic rings. The van der Waals surface area contributed by atoms with E-state index in [-0.39, 0.29) is 0 Å². The molecule has 1 aliphatic carbocycles. The highest BCUT2D eigenvalue weighted by molar-refractivity contribution is 6.31. The largest absolute Gasteiger partial charge is 0.357 e. The maximum atomic E-state index is 5.97. The normalized spacial score (nSPS) is 17.0. The van der Waals surface area contributed by atoms with E-state index in [1.165, 1.54) is 36.8 Å². The summed E-state index contributed by atoms with van der Waals surface area (Å²) in [6.07, 6.45) is 5.40. The van der Waals surface area contributed by atoms with E-state index in [1.807, 2.05) is 12.1 Å². The highest BCUT2D eigenvalue weighted by Crippen LogP contribution is 2.21. The number of aromatic amines is 1. The third-order valence-electron chi connectivity index (χ3n) is 3.58. The molecule has 1 saturated carbocycles. The van der Waals surface area contributed by atoms with Gasteiger partial charge < -0.3 is 10.3 Å². The SMILES string of the molecule is Clc1ccc2cc(CNC3CCCC3)[nH]c2c1. The van der Waals surface area contributed by atoms with Gasteiger partial charge in [-0.3, -0.25) is 0 Å². The number of hydrogen-bond donors (Lipinski definition) is 2. The lowest BCUT2D eigenvalue weighted by Gasteiger charge is -2.10. The summed E-state index contributed by atoms with van der Waals surface area (Å²) >= 11 is 5.97. The second kappa shape index (κ2) is 4.71. The number of hydrogen-bond acceptors (Lipinski definition) is 1. The fraction of sp³-hybridized carbons (Fsp3) is 0.429. The van der Waals surface area contributed by atoms with Gasteiger partial charge in [0.25, 0.3) is 0 Å². The van der Waals surface area contributed by atoms with Gasteiger partial charge in [0.15, 0.2) is 0 Å². The molecule has 0 aliphatic heterocycles. The van der Waals surface area contributed by atoms with Crippen LogP contribution in [-0.2, 0) is 6.54 Å². The highest BCUT2D eigenvalue weighted by Gasteiger charge is 2.14. The summed E-state index contributed by atoms with van der Waals surface area (Å²) in [5.74, 6) is 0. The standard InChI is InChI=1S/C14H17ClN2/c15-11-6-5-10-7-13(17-14(10)8-11)9-16-12-3-1-2-4-12/h5-8,12,16-17H,1-4,9H2. The lowest BCUT2D eigenvalue weighted by molar-refractivity contribution is 0.520. The molecule has 2 nitrogen and oxygen atoms in total. The molecule has 0 amide bonds. The molecule has 1 fully saturated rings. The van der Waals surface area contributed by atoms with Gasteiger partial charge in [-0.15, -0.1) is 0 Å². The number of benzene rings is 1. The summed E-state index contributed by atoms with van der Waals surface area (Å²) in [5, 5.41) is 5.63.